The molecule has 3 aromatic rings. The number of aromatic amines is 1. The highest BCUT2D eigenvalue weighted by atomic mass is 19.1. The summed E-state index contributed by atoms with van der Waals surface area (Å²) in [6.45, 7) is 1.02. The number of hydrogen-bond acceptors (Lipinski definition) is 4. The molecule has 0 radical (unpaired) electrons. The lowest BCUT2D eigenvalue weighted by Crippen LogP contribution is -2.18. The van der Waals surface area contributed by atoms with Crippen molar-refractivity contribution in [3.63, 3.8) is 0 Å². The van der Waals surface area contributed by atoms with E-state index in [1.807, 2.05) is 18.3 Å². The Balaban J connectivity index is 1.85. The molecule has 0 aliphatic carbocycles. The van der Waals surface area contributed by atoms with Crippen LogP contribution >= 0.6 is 0 Å². The predicted molar refractivity (Wildman–Crippen MR) is 79.8 cm³/mol. The molecule has 0 aliphatic rings. The molecule has 3 rings (SSSR count). The third-order valence-electron chi connectivity index (χ3n) is 3.26. The van der Waals surface area contributed by atoms with Crippen LogP contribution in [0.4, 0.5) is 10.2 Å². The van der Waals surface area contributed by atoms with Gasteiger partial charge in [0, 0.05) is 47.5 Å². The number of fused-ring (bicyclic) bond motifs is 1. The zero-order chi connectivity index (χ0) is 14.7. The average Bonchev–Trinajstić information content (AvgIpc) is 2.91. The molecule has 0 atom stereocenters. The summed E-state index contributed by atoms with van der Waals surface area (Å²) in [7, 11) is 0. The highest BCUT2D eigenvalue weighted by Crippen LogP contribution is 2.28. The molecule has 0 amide bonds. The van der Waals surface area contributed by atoms with Gasteiger partial charge in [-0.15, -0.1) is 0 Å². The minimum absolute atomic E-state index is 0.258. The van der Waals surface area contributed by atoms with Crippen molar-refractivity contribution in [1.82, 2.24) is 15.4 Å². The van der Waals surface area contributed by atoms with Gasteiger partial charge in [0.05, 0.1) is 0 Å². The normalized spacial score (nSPS) is 11.0. The number of nitrogens with zero attached hydrogens (tertiary/aromatic N) is 1. The molecule has 0 saturated carbocycles. The second kappa shape index (κ2) is 5.90. The van der Waals surface area contributed by atoms with Crippen LogP contribution < -0.4 is 10.8 Å². The quantitative estimate of drug-likeness (QED) is 0.430. The van der Waals surface area contributed by atoms with Crippen molar-refractivity contribution < 1.29 is 9.60 Å². The van der Waals surface area contributed by atoms with Gasteiger partial charge in [-0.25, -0.2) is 14.9 Å². The molecular formula is C15H15FN4O. The van der Waals surface area contributed by atoms with E-state index in [0.717, 1.165) is 27.8 Å². The maximum Gasteiger partial charge on any atom is 0.125 e. The van der Waals surface area contributed by atoms with Crippen molar-refractivity contribution in [1.29, 1.82) is 0 Å². The van der Waals surface area contributed by atoms with Gasteiger partial charge >= 0.3 is 0 Å². The van der Waals surface area contributed by atoms with Gasteiger partial charge in [-0.3, -0.25) is 0 Å². The van der Waals surface area contributed by atoms with Gasteiger partial charge in [0.2, 0.25) is 0 Å². The maximum atomic E-state index is 13.2. The van der Waals surface area contributed by atoms with Crippen LogP contribution in [0, 0.1) is 5.82 Å². The molecule has 2 aromatic heterocycles. The molecule has 0 aliphatic heterocycles. The van der Waals surface area contributed by atoms with Gasteiger partial charge in [-0.2, -0.15) is 0 Å². The van der Waals surface area contributed by atoms with E-state index in [2.05, 4.69) is 20.8 Å². The van der Waals surface area contributed by atoms with Crippen molar-refractivity contribution >= 4 is 16.7 Å². The summed E-state index contributed by atoms with van der Waals surface area (Å²) in [5.74, 6) is 0.478. The van der Waals surface area contributed by atoms with Gasteiger partial charge < -0.3 is 15.5 Å². The lowest BCUT2D eigenvalue weighted by molar-refractivity contribution is 0.171. The lowest BCUT2D eigenvalue weighted by atomic mass is 10.1. The first-order valence-electron chi connectivity index (χ1n) is 6.62. The fourth-order valence-electron chi connectivity index (χ4n) is 2.24. The minimum Gasteiger partial charge on any atom is -0.369 e. The number of anilines is 1. The molecule has 0 unspecified atom stereocenters. The number of aromatic nitrogens is 2. The van der Waals surface area contributed by atoms with Gasteiger partial charge in [0.25, 0.3) is 0 Å². The van der Waals surface area contributed by atoms with E-state index in [1.54, 1.807) is 12.3 Å². The molecule has 0 spiro atoms. The molecular weight excluding hydrogens is 271 g/mol. The number of hydroxylamine groups is 1. The van der Waals surface area contributed by atoms with Crippen molar-refractivity contribution in [2.45, 2.75) is 0 Å². The largest absolute Gasteiger partial charge is 0.369 e. The minimum atomic E-state index is -0.258. The Hall–Kier alpha value is -2.44. The second-order valence-corrected chi connectivity index (χ2v) is 4.66. The van der Waals surface area contributed by atoms with E-state index in [4.69, 9.17) is 5.21 Å². The van der Waals surface area contributed by atoms with E-state index >= 15 is 0 Å². The van der Waals surface area contributed by atoms with Crippen molar-refractivity contribution in [3.05, 3.63) is 48.5 Å². The smallest absolute Gasteiger partial charge is 0.125 e. The summed E-state index contributed by atoms with van der Waals surface area (Å²) in [6, 6.07) is 8.51. The Morgan fingerprint density at radius 3 is 2.86 bits per heavy atom. The number of benzene rings is 1. The van der Waals surface area contributed by atoms with E-state index < -0.39 is 0 Å². The summed E-state index contributed by atoms with van der Waals surface area (Å²) in [4.78, 5) is 7.39. The van der Waals surface area contributed by atoms with Crippen molar-refractivity contribution in [2.75, 3.05) is 18.4 Å². The zero-order valence-corrected chi connectivity index (χ0v) is 11.2. The van der Waals surface area contributed by atoms with E-state index in [1.165, 1.54) is 12.1 Å². The van der Waals surface area contributed by atoms with Crippen LogP contribution in [0.5, 0.6) is 0 Å². The van der Waals surface area contributed by atoms with Gasteiger partial charge in [-0.1, -0.05) is 0 Å². The third kappa shape index (κ3) is 2.86. The molecule has 4 N–H and O–H groups in total. The Bertz CT molecular complexity index is 739. The number of rotatable bonds is 5. The summed E-state index contributed by atoms with van der Waals surface area (Å²) < 4.78 is 13.2. The van der Waals surface area contributed by atoms with Crippen LogP contribution in [0.2, 0.25) is 0 Å². The van der Waals surface area contributed by atoms with Crippen LogP contribution in [0.15, 0.2) is 42.7 Å². The van der Waals surface area contributed by atoms with Crippen LogP contribution in [-0.2, 0) is 0 Å². The van der Waals surface area contributed by atoms with Gasteiger partial charge in [0.15, 0.2) is 0 Å². The van der Waals surface area contributed by atoms with E-state index in [9.17, 15) is 4.39 Å². The molecule has 0 fully saturated rings. The fraction of sp³-hybridized carbons (Fsp3) is 0.133. The molecule has 6 heteroatoms. The van der Waals surface area contributed by atoms with Crippen LogP contribution in [-0.4, -0.2) is 28.3 Å². The van der Waals surface area contributed by atoms with E-state index in [-0.39, 0.29) is 5.82 Å². The molecule has 108 valence electrons. The number of H-pyrrole nitrogens is 1. The molecule has 1 aromatic carbocycles. The number of nitrogens with one attached hydrogen (secondary N) is 3. The Kier molecular flexibility index (Phi) is 3.81. The second-order valence-electron chi connectivity index (χ2n) is 4.66. The maximum absolute atomic E-state index is 13.2. The molecule has 5 nitrogen and oxygen atoms in total. The fourth-order valence-corrected chi connectivity index (χ4v) is 2.24. The summed E-state index contributed by atoms with van der Waals surface area (Å²) >= 11 is 0. The predicted octanol–water partition coefficient (Wildman–Crippen LogP) is 2.76. The van der Waals surface area contributed by atoms with E-state index in [0.29, 0.717) is 13.1 Å². The first-order valence-corrected chi connectivity index (χ1v) is 6.62. The standard InChI is InChI=1S/C15H15FN4O/c16-11-2-3-12-13(9-18-14(12)7-11)10-1-4-15(19-8-10)17-5-6-20-21/h1-4,7-9,18,20-21H,5-6H2,(H,17,19). The van der Waals surface area contributed by atoms with Crippen LogP contribution in [0.1, 0.15) is 0 Å². The first kappa shape index (κ1) is 13.5. The monoisotopic (exact) mass is 286 g/mol. The number of halogens is 1. The first-order chi connectivity index (χ1) is 10.3. The Morgan fingerprint density at radius 1 is 1.19 bits per heavy atom. The van der Waals surface area contributed by atoms with Crippen LogP contribution in [0.25, 0.3) is 22.0 Å². The van der Waals surface area contributed by atoms with Crippen molar-refractivity contribution in [2.24, 2.45) is 0 Å². The zero-order valence-electron chi connectivity index (χ0n) is 11.2. The Labute approximate surface area is 120 Å². The summed E-state index contributed by atoms with van der Waals surface area (Å²) in [5, 5.41) is 12.5. The topological polar surface area (TPSA) is 73.0 Å². The molecule has 2 heterocycles. The lowest BCUT2D eigenvalue weighted by Gasteiger charge is -2.05. The highest BCUT2D eigenvalue weighted by molar-refractivity contribution is 5.95. The van der Waals surface area contributed by atoms with Crippen molar-refractivity contribution in [3.8, 4) is 11.1 Å². The summed E-state index contributed by atoms with van der Waals surface area (Å²) in [5.41, 5.74) is 4.78. The molecule has 0 bridgehead atoms. The van der Waals surface area contributed by atoms with Gasteiger partial charge in [-0.05, 0) is 30.3 Å². The highest BCUT2D eigenvalue weighted by Gasteiger charge is 2.07. The average molecular weight is 286 g/mol. The SMILES string of the molecule is ONCCNc1ccc(-c2c[nH]c3cc(F)ccc23)cn1. The summed E-state index contributed by atoms with van der Waals surface area (Å²) in [6.07, 6.45) is 3.62. The Morgan fingerprint density at radius 2 is 2.10 bits per heavy atom. The van der Waals surface area contributed by atoms with Gasteiger partial charge in [0.1, 0.15) is 11.6 Å². The molecule has 0 saturated heterocycles. The molecule has 21 heavy (non-hydrogen) atoms. The number of hydrogen-bond donors (Lipinski definition) is 4. The van der Waals surface area contributed by atoms with Crippen LogP contribution in [0.3, 0.4) is 0 Å². The number of pyridine rings is 1. The third-order valence-corrected chi connectivity index (χ3v) is 3.26.